The lowest BCUT2D eigenvalue weighted by atomic mass is 9.98. The summed E-state index contributed by atoms with van der Waals surface area (Å²) in [6.45, 7) is 8.34. The van der Waals surface area contributed by atoms with Gasteiger partial charge in [-0.1, -0.05) is 120 Å². The fraction of sp³-hybridized carbons (Fsp3) is 0.649. The number of esters is 1. The van der Waals surface area contributed by atoms with Crippen LogP contribution in [0, 0.1) is 6.42 Å². The van der Waals surface area contributed by atoms with Gasteiger partial charge in [-0.05, 0) is 52.5 Å². The quantitative estimate of drug-likeness (QED) is 0.0536. The Morgan fingerprint density at radius 1 is 0.857 bits per heavy atom. The summed E-state index contributed by atoms with van der Waals surface area (Å²) in [5.41, 5.74) is 3.54. The number of hydrogen-bond donors (Lipinski definition) is 1. The molecule has 0 aromatic heterocycles. The van der Waals surface area contributed by atoms with Gasteiger partial charge in [-0.3, -0.25) is 9.59 Å². The molecule has 1 radical (unpaired) electrons. The van der Waals surface area contributed by atoms with E-state index in [9.17, 15) is 14.7 Å². The predicted molar refractivity (Wildman–Crippen MR) is 175 cm³/mol. The molecule has 0 spiro atoms. The van der Waals surface area contributed by atoms with Gasteiger partial charge in [-0.2, -0.15) is 0 Å². The first-order valence-electron chi connectivity index (χ1n) is 16.5. The van der Waals surface area contributed by atoms with Crippen LogP contribution in [-0.4, -0.2) is 24.5 Å². The van der Waals surface area contributed by atoms with Crippen LogP contribution >= 0.6 is 0 Å². The van der Waals surface area contributed by atoms with Crippen molar-refractivity contribution in [1.29, 1.82) is 0 Å². The molecule has 1 aromatic carbocycles. The average Bonchev–Trinajstić information content (AvgIpc) is 2.97. The maximum atomic E-state index is 12.3. The number of carbonyl (C=O) groups is 2. The maximum absolute atomic E-state index is 12.3. The molecular weight excluding hydrogens is 524 g/mol. The normalized spacial score (nSPS) is 11.4. The Hall–Kier alpha value is -2.56. The zero-order valence-electron chi connectivity index (χ0n) is 27.4. The highest BCUT2D eigenvalue weighted by Crippen LogP contribution is 2.35. The number of ether oxygens (including phenoxy) is 2. The summed E-state index contributed by atoms with van der Waals surface area (Å²) >= 11 is 0. The Morgan fingerprint density at radius 2 is 1.40 bits per heavy atom. The molecule has 0 bridgehead atoms. The number of phenols is 1. The molecule has 0 aliphatic carbocycles. The van der Waals surface area contributed by atoms with E-state index in [-0.39, 0.29) is 23.9 Å². The van der Waals surface area contributed by atoms with E-state index in [4.69, 9.17) is 9.47 Å². The molecule has 0 atom stereocenters. The molecule has 0 amide bonds. The van der Waals surface area contributed by atoms with Gasteiger partial charge in [0.05, 0.1) is 12.7 Å². The summed E-state index contributed by atoms with van der Waals surface area (Å²) in [6.07, 6.45) is 27.6. The third-order valence-electron chi connectivity index (χ3n) is 7.75. The standard InChI is InChI=1S/C37H59O5/c1-6-7-8-9-10-11-12-13-14-15-16-17-18-19-20-24-36(39)42-29-32-27-35(41-5)33(37(40)34(32)28-38)26-25-31(4)23-21-22-30(2)3/h21-22,25,27-28,40H,6-20,23-24,26,29H2,1-5H3/b31-25+. The summed E-state index contributed by atoms with van der Waals surface area (Å²) in [4.78, 5) is 24.2. The number of phenolic OH excluding ortho intramolecular Hbond substituents is 1. The number of unbranched alkanes of at least 4 members (excludes halogenated alkanes) is 14. The molecule has 42 heavy (non-hydrogen) atoms. The van der Waals surface area contributed by atoms with E-state index >= 15 is 0 Å². The van der Waals surface area contributed by atoms with Crippen LogP contribution in [0.1, 0.15) is 158 Å². The molecule has 1 aromatic rings. The van der Waals surface area contributed by atoms with Gasteiger partial charge < -0.3 is 14.6 Å². The Kier molecular flexibility index (Phi) is 21.4. The first-order valence-corrected chi connectivity index (χ1v) is 16.5. The SMILES string of the molecule is CCCCCCCCCCCCCCCCCC(=O)OCc1cc(OC)c(C/C=C(\C)C[CH]C=C(C)C)c(O)c1C=O. The predicted octanol–water partition coefficient (Wildman–Crippen LogP) is 10.6. The fourth-order valence-corrected chi connectivity index (χ4v) is 5.10. The van der Waals surface area contributed by atoms with Crippen molar-refractivity contribution in [2.45, 2.75) is 150 Å². The first-order chi connectivity index (χ1) is 20.3. The van der Waals surface area contributed by atoms with Crippen LogP contribution in [0.3, 0.4) is 0 Å². The van der Waals surface area contributed by atoms with Gasteiger partial charge in [0, 0.05) is 17.5 Å². The number of benzene rings is 1. The second-order valence-electron chi connectivity index (χ2n) is 11.9. The number of rotatable bonds is 25. The molecule has 0 saturated heterocycles. The summed E-state index contributed by atoms with van der Waals surface area (Å²) in [5.74, 6) is 0.0780. The second-order valence-corrected chi connectivity index (χ2v) is 11.9. The maximum Gasteiger partial charge on any atom is 0.306 e. The highest BCUT2D eigenvalue weighted by molar-refractivity contribution is 5.83. The zero-order chi connectivity index (χ0) is 31.0. The van der Waals surface area contributed by atoms with Crippen LogP contribution in [0.25, 0.3) is 0 Å². The summed E-state index contributed by atoms with van der Waals surface area (Å²) in [5, 5.41) is 10.9. The minimum Gasteiger partial charge on any atom is -0.507 e. The van der Waals surface area contributed by atoms with Crippen molar-refractivity contribution < 1.29 is 24.2 Å². The molecule has 0 fully saturated rings. The lowest BCUT2D eigenvalue weighted by molar-refractivity contribution is -0.145. The zero-order valence-corrected chi connectivity index (χ0v) is 27.4. The minimum atomic E-state index is -0.282. The lowest BCUT2D eigenvalue weighted by Gasteiger charge is -2.15. The van der Waals surface area contributed by atoms with E-state index in [1.54, 1.807) is 6.07 Å². The van der Waals surface area contributed by atoms with Gasteiger partial charge >= 0.3 is 5.97 Å². The molecule has 5 heteroatoms. The van der Waals surface area contributed by atoms with Crippen LogP contribution in [0.5, 0.6) is 11.5 Å². The number of allylic oxidation sites excluding steroid dienone is 4. The minimum absolute atomic E-state index is 0.0671. The number of aromatic hydroxyl groups is 1. The molecule has 0 saturated carbocycles. The van der Waals surface area contributed by atoms with E-state index in [1.807, 2.05) is 13.0 Å². The molecule has 5 nitrogen and oxygen atoms in total. The van der Waals surface area contributed by atoms with Gasteiger partial charge in [-0.25, -0.2) is 0 Å². The smallest absolute Gasteiger partial charge is 0.306 e. The van der Waals surface area contributed by atoms with Gasteiger partial charge in [-0.15, -0.1) is 0 Å². The number of methoxy groups -OCH3 is 1. The van der Waals surface area contributed by atoms with Crippen LogP contribution in [0.2, 0.25) is 0 Å². The third kappa shape index (κ3) is 16.8. The number of carbonyl (C=O) groups excluding carboxylic acids is 2. The molecular formula is C37H59O5. The highest BCUT2D eigenvalue weighted by atomic mass is 16.5. The van der Waals surface area contributed by atoms with E-state index in [2.05, 4.69) is 33.3 Å². The Bertz CT molecular complexity index is 955. The number of aldehydes is 1. The van der Waals surface area contributed by atoms with E-state index in [0.717, 1.165) is 31.3 Å². The van der Waals surface area contributed by atoms with Gasteiger partial charge in [0.1, 0.15) is 18.1 Å². The topological polar surface area (TPSA) is 72.8 Å². The second kappa shape index (κ2) is 23.9. The van der Waals surface area contributed by atoms with Crippen molar-refractivity contribution >= 4 is 12.3 Å². The van der Waals surface area contributed by atoms with Crippen molar-refractivity contribution in [2.75, 3.05) is 7.11 Å². The van der Waals surface area contributed by atoms with Crippen molar-refractivity contribution in [1.82, 2.24) is 0 Å². The van der Waals surface area contributed by atoms with Gasteiger partial charge in [0.2, 0.25) is 0 Å². The Labute approximate surface area is 257 Å². The first kappa shape index (κ1) is 37.5. The molecule has 1 rings (SSSR count). The van der Waals surface area contributed by atoms with E-state index < -0.39 is 0 Å². The van der Waals surface area contributed by atoms with E-state index in [0.29, 0.717) is 36.0 Å². The number of hydrogen-bond acceptors (Lipinski definition) is 5. The van der Waals surface area contributed by atoms with Crippen molar-refractivity contribution in [2.24, 2.45) is 0 Å². The molecule has 237 valence electrons. The van der Waals surface area contributed by atoms with Gasteiger partial charge in [0.25, 0.3) is 0 Å². The summed E-state index contributed by atoms with van der Waals surface area (Å²) in [7, 11) is 1.53. The largest absolute Gasteiger partial charge is 0.507 e. The fourth-order valence-electron chi connectivity index (χ4n) is 5.10. The summed E-state index contributed by atoms with van der Waals surface area (Å²) in [6, 6.07) is 1.69. The molecule has 0 aliphatic rings. The van der Waals surface area contributed by atoms with Crippen molar-refractivity contribution in [3.63, 3.8) is 0 Å². The van der Waals surface area contributed by atoms with Crippen LogP contribution < -0.4 is 4.74 Å². The third-order valence-corrected chi connectivity index (χ3v) is 7.75. The molecule has 0 heterocycles. The van der Waals surface area contributed by atoms with Gasteiger partial charge in [0.15, 0.2) is 6.29 Å². The lowest BCUT2D eigenvalue weighted by Crippen LogP contribution is -2.07. The monoisotopic (exact) mass is 583 g/mol. The van der Waals surface area contributed by atoms with E-state index in [1.165, 1.54) is 89.7 Å². The average molecular weight is 584 g/mol. The van der Waals surface area contributed by atoms with Crippen LogP contribution in [0.15, 0.2) is 29.4 Å². The molecule has 0 unspecified atom stereocenters. The van der Waals surface area contributed by atoms with Crippen molar-refractivity contribution in [3.05, 3.63) is 52.5 Å². The Morgan fingerprint density at radius 3 is 1.90 bits per heavy atom. The Balaban J connectivity index is 2.36. The summed E-state index contributed by atoms with van der Waals surface area (Å²) < 4.78 is 11.0. The van der Waals surface area contributed by atoms with Crippen molar-refractivity contribution in [3.8, 4) is 11.5 Å². The van der Waals surface area contributed by atoms with Crippen LogP contribution in [0.4, 0.5) is 0 Å². The molecule has 0 aliphatic heterocycles. The van der Waals surface area contributed by atoms with Crippen LogP contribution in [-0.2, 0) is 22.6 Å². The molecule has 1 N–H and O–H groups in total. The highest BCUT2D eigenvalue weighted by Gasteiger charge is 2.18.